The third-order valence-electron chi connectivity index (χ3n) is 4.17. The summed E-state index contributed by atoms with van der Waals surface area (Å²) < 4.78 is 12.7. The number of anilines is 1. The van der Waals surface area contributed by atoms with Crippen LogP contribution >= 0.6 is 34.4 Å². The van der Waals surface area contributed by atoms with Gasteiger partial charge in [0.1, 0.15) is 0 Å². The van der Waals surface area contributed by atoms with Crippen molar-refractivity contribution in [3.63, 3.8) is 0 Å². The number of para-hydroxylation sites is 1. The summed E-state index contributed by atoms with van der Waals surface area (Å²) in [5, 5.41) is 12.7. The molecule has 3 aromatic rings. The summed E-state index contributed by atoms with van der Waals surface area (Å²) in [5.74, 6) is 2.14. The average Bonchev–Trinajstić information content (AvgIpc) is 3.04. The van der Waals surface area contributed by atoms with E-state index in [0.717, 1.165) is 27.2 Å². The normalized spacial score (nSPS) is 15.3. The Bertz CT molecular complexity index is 934. The zero-order chi connectivity index (χ0) is 18.6. The Hall–Kier alpha value is -1.81. The number of unbranched alkanes of at least 4 members (excludes halogenated alkanes) is 2. The van der Waals surface area contributed by atoms with Gasteiger partial charge in [0.15, 0.2) is 15.2 Å². The molecule has 8 heteroatoms. The van der Waals surface area contributed by atoms with Gasteiger partial charge < -0.3 is 14.5 Å². The Labute approximate surface area is 175 Å². The lowest BCUT2D eigenvalue weighted by molar-refractivity contribution is 0.193. The molecule has 1 atom stereocenters. The molecule has 3 heterocycles. The van der Waals surface area contributed by atoms with Gasteiger partial charge in [-0.15, -0.1) is 10.2 Å². The molecule has 0 radical (unpaired) electrons. The van der Waals surface area contributed by atoms with Gasteiger partial charge in [-0.2, -0.15) is 4.98 Å². The molecule has 1 unspecified atom stereocenters. The predicted molar refractivity (Wildman–Crippen MR) is 114 cm³/mol. The summed E-state index contributed by atoms with van der Waals surface area (Å²) >= 11 is 3.75. The van der Waals surface area contributed by atoms with Gasteiger partial charge in [-0.05, 0) is 47.2 Å². The second-order valence-corrected chi connectivity index (χ2v) is 8.26. The van der Waals surface area contributed by atoms with E-state index < -0.39 is 6.23 Å². The molecule has 1 aliphatic rings. The highest BCUT2D eigenvalue weighted by Crippen LogP contribution is 2.39. The predicted octanol–water partition coefficient (Wildman–Crippen LogP) is 5.52. The van der Waals surface area contributed by atoms with Crippen molar-refractivity contribution in [3.8, 4) is 17.1 Å². The minimum atomic E-state index is -0.481. The van der Waals surface area contributed by atoms with Crippen molar-refractivity contribution in [2.24, 2.45) is 0 Å². The van der Waals surface area contributed by atoms with E-state index in [9.17, 15) is 0 Å². The number of rotatable bonds is 6. The SMILES string of the molecule is CCCCCSc1nnc2c(n1)OC(c1ccc(I)o1)Nc1ccccc1-2. The van der Waals surface area contributed by atoms with Crippen molar-refractivity contribution in [2.45, 2.75) is 37.6 Å². The van der Waals surface area contributed by atoms with Crippen LogP contribution < -0.4 is 10.1 Å². The molecule has 140 valence electrons. The lowest BCUT2D eigenvalue weighted by Crippen LogP contribution is -2.16. The largest absolute Gasteiger partial charge is 0.449 e. The zero-order valence-corrected chi connectivity index (χ0v) is 17.8. The molecule has 2 aromatic heterocycles. The molecule has 1 aromatic carbocycles. The van der Waals surface area contributed by atoms with Crippen molar-refractivity contribution in [1.82, 2.24) is 15.2 Å². The molecule has 0 saturated carbocycles. The summed E-state index contributed by atoms with van der Waals surface area (Å²) in [4.78, 5) is 4.64. The van der Waals surface area contributed by atoms with Crippen LogP contribution in [0, 0.1) is 3.77 Å². The van der Waals surface area contributed by atoms with Crippen LogP contribution in [0.3, 0.4) is 0 Å². The van der Waals surface area contributed by atoms with E-state index in [0.29, 0.717) is 22.5 Å². The second kappa shape index (κ2) is 8.47. The minimum absolute atomic E-state index is 0.469. The number of thioether (sulfide) groups is 1. The van der Waals surface area contributed by atoms with Crippen LogP contribution in [0.4, 0.5) is 5.69 Å². The molecular formula is C19H19IN4O2S. The first kappa shape index (κ1) is 18.5. The molecule has 6 nitrogen and oxygen atoms in total. The van der Waals surface area contributed by atoms with Gasteiger partial charge in [-0.25, -0.2) is 0 Å². The average molecular weight is 494 g/mol. The molecule has 1 N–H and O–H groups in total. The summed E-state index contributed by atoms with van der Waals surface area (Å²) in [7, 11) is 0. The number of nitrogens with zero attached hydrogens (tertiary/aromatic N) is 3. The van der Waals surface area contributed by atoms with Crippen LogP contribution in [-0.4, -0.2) is 20.9 Å². The summed E-state index contributed by atoms with van der Waals surface area (Å²) in [6.07, 6.45) is 3.06. The number of hydrogen-bond acceptors (Lipinski definition) is 7. The molecule has 27 heavy (non-hydrogen) atoms. The van der Waals surface area contributed by atoms with Crippen molar-refractivity contribution >= 4 is 40.0 Å². The number of halogens is 1. The maximum absolute atomic E-state index is 6.17. The Morgan fingerprint density at radius 1 is 1.15 bits per heavy atom. The number of nitrogens with one attached hydrogen (secondary N) is 1. The molecule has 0 spiro atoms. The molecule has 0 saturated heterocycles. The van der Waals surface area contributed by atoms with Gasteiger partial charge in [-0.1, -0.05) is 49.7 Å². The van der Waals surface area contributed by atoms with E-state index in [1.807, 2.05) is 36.4 Å². The number of ether oxygens (including phenoxy) is 1. The third kappa shape index (κ3) is 4.21. The quantitative estimate of drug-likeness (QED) is 0.275. The first-order valence-corrected chi connectivity index (χ1v) is 11.0. The third-order valence-corrected chi connectivity index (χ3v) is 5.67. The van der Waals surface area contributed by atoms with E-state index >= 15 is 0 Å². The molecule has 4 rings (SSSR count). The topological polar surface area (TPSA) is 73.1 Å². The van der Waals surface area contributed by atoms with Crippen LogP contribution in [0.5, 0.6) is 5.88 Å². The fourth-order valence-corrected chi connectivity index (χ4v) is 4.03. The first-order chi connectivity index (χ1) is 13.2. The monoisotopic (exact) mass is 494 g/mol. The molecule has 0 amide bonds. The number of aromatic nitrogens is 3. The smallest absolute Gasteiger partial charge is 0.247 e. The minimum Gasteiger partial charge on any atom is -0.449 e. The van der Waals surface area contributed by atoms with Gasteiger partial charge in [0.2, 0.25) is 17.3 Å². The first-order valence-electron chi connectivity index (χ1n) is 8.90. The molecule has 1 aliphatic heterocycles. The number of furan rings is 1. The Kier molecular flexibility index (Phi) is 5.82. The number of fused-ring (bicyclic) bond motifs is 3. The highest BCUT2D eigenvalue weighted by Gasteiger charge is 2.27. The number of benzene rings is 1. The Morgan fingerprint density at radius 3 is 2.85 bits per heavy atom. The van der Waals surface area contributed by atoms with Crippen LogP contribution in [-0.2, 0) is 0 Å². The van der Waals surface area contributed by atoms with E-state index in [4.69, 9.17) is 9.15 Å². The Morgan fingerprint density at radius 2 is 2.04 bits per heavy atom. The van der Waals surface area contributed by atoms with Crippen molar-refractivity contribution in [2.75, 3.05) is 11.1 Å². The highest BCUT2D eigenvalue weighted by atomic mass is 127. The van der Waals surface area contributed by atoms with Crippen molar-refractivity contribution in [3.05, 3.63) is 45.9 Å². The van der Waals surface area contributed by atoms with Crippen LogP contribution in [0.2, 0.25) is 0 Å². The van der Waals surface area contributed by atoms with E-state index in [-0.39, 0.29) is 0 Å². The molecule has 0 bridgehead atoms. The fourth-order valence-electron chi connectivity index (χ4n) is 2.82. The second-order valence-electron chi connectivity index (χ2n) is 6.13. The van der Waals surface area contributed by atoms with Gasteiger partial charge in [0.05, 0.1) is 0 Å². The van der Waals surface area contributed by atoms with Crippen LogP contribution in [0.25, 0.3) is 11.3 Å². The maximum atomic E-state index is 6.17. The van der Waals surface area contributed by atoms with Crippen LogP contribution in [0.1, 0.15) is 38.2 Å². The Balaban J connectivity index is 1.67. The zero-order valence-electron chi connectivity index (χ0n) is 14.8. The summed E-state index contributed by atoms with van der Waals surface area (Å²) in [6.45, 7) is 2.19. The van der Waals surface area contributed by atoms with E-state index in [1.165, 1.54) is 12.8 Å². The number of hydrogen-bond donors (Lipinski definition) is 1. The maximum Gasteiger partial charge on any atom is 0.247 e. The van der Waals surface area contributed by atoms with Crippen molar-refractivity contribution in [1.29, 1.82) is 0 Å². The lowest BCUT2D eigenvalue weighted by Gasteiger charge is -2.16. The van der Waals surface area contributed by atoms with Gasteiger partial charge in [0.25, 0.3) is 0 Å². The van der Waals surface area contributed by atoms with Gasteiger partial charge in [0, 0.05) is 17.0 Å². The summed E-state index contributed by atoms with van der Waals surface area (Å²) in [5.41, 5.74) is 2.46. The van der Waals surface area contributed by atoms with Crippen molar-refractivity contribution < 1.29 is 9.15 Å². The fraction of sp³-hybridized carbons (Fsp3) is 0.316. The van der Waals surface area contributed by atoms with Gasteiger partial charge in [-0.3, -0.25) is 0 Å². The van der Waals surface area contributed by atoms with Crippen LogP contribution in [0.15, 0.2) is 46.0 Å². The van der Waals surface area contributed by atoms with Gasteiger partial charge >= 0.3 is 0 Å². The lowest BCUT2D eigenvalue weighted by atomic mass is 10.1. The molecule has 0 fully saturated rings. The highest BCUT2D eigenvalue weighted by molar-refractivity contribution is 14.1. The summed E-state index contributed by atoms with van der Waals surface area (Å²) in [6, 6.07) is 11.7. The molecule has 0 aliphatic carbocycles. The molecular weight excluding hydrogens is 475 g/mol. The van der Waals surface area contributed by atoms with E-state index in [1.54, 1.807) is 11.8 Å². The van der Waals surface area contributed by atoms with E-state index in [2.05, 4.69) is 50.0 Å². The standard InChI is InChI=1S/C19H19IN4O2S/c1-2-3-6-11-27-19-22-18-16(23-24-19)12-7-4-5-8-13(12)21-17(26-18)14-9-10-15(20)25-14/h4-5,7-10,17,21H,2-3,6,11H2,1H3.